The zero-order valence-electron chi connectivity index (χ0n) is 22.1. The standard InChI is InChI=1S/C27H29N7O4S/c1-6-24(35)29-21-15-20(22(37-5)16-23(21)38-14-13-34(2)3)31-27-28-12-11-19(30-27)26-33-32-25(39-26)17-7-9-18(36-4)10-8-17/h6-12,15-16H,1,13-14H2,2-5H3,(H,29,35)(H,28,30,31). The molecule has 2 aromatic carbocycles. The van der Waals surface area contributed by atoms with Crippen LogP contribution in [0.15, 0.2) is 61.3 Å². The quantitative estimate of drug-likeness (QED) is 0.245. The summed E-state index contributed by atoms with van der Waals surface area (Å²) in [6, 6.07) is 12.8. The molecular formula is C27H29N7O4S. The van der Waals surface area contributed by atoms with Crippen molar-refractivity contribution in [3.63, 3.8) is 0 Å². The van der Waals surface area contributed by atoms with Crippen LogP contribution < -0.4 is 24.8 Å². The van der Waals surface area contributed by atoms with Gasteiger partial charge in [0.1, 0.15) is 34.6 Å². The summed E-state index contributed by atoms with van der Waals surface area (Å²) in [4.78, 5) is 23.0. The van der Waals surface area contributed by atoms with E-state index in [0.29, 0.717) is 52.7 Å². The second-order valence-electron chi connectivity index (χ2n) is 8.43. The summed E-state index contributed by atoms with van der Waals surface area (Å²) in [5.74, 6) is 1.66. The number of hydrogen-bond acceptors (Lipinski definition) is 11. The van der Waals surface area contributed by atoms with Gasteiger partial charge >= 0.3 is 0 Å². The molecule has 0 saturated carbocycles. The molecule has 4 aromatic rings. The highest BCUT2D eigenvalue weighted by atomic mass is 32.1. The Morgan fingerprint density at radius 2 is 1.79 bits per heavy atom. The highest BCUT2D eigenvalue weighted by molar-refractivity contribution is 7.17. The molecule has 0 aliphatic rings. The summed E-state index contributed by atoms with van der Waals surface area (Å²) in [5.41, 5.74) is 2.52. The molecule has 0 saturated heterocycles. The van der Waals surface area contributed by atoms with Crippen molar-refractivity contribution in [1.29, 1.82) is 0 Å². The highest BCUT2D eigenvalue weighted by Crippen LogP contribution is 2.38. The van der Waals surface area contributed by atoms with Crippen LogP contribution in [0.4, 0.5) is 17.3 Å². The molecule has 0 atom stereocenters. The van der Waals surface area contributed by atoms with Crippen molar-refractivity contribution in [3.8, 4) is 38.5 Å². The van der Waals surface area contributed by atoms with E-state index >= 15 is 0 Å². The largest absolute Gasteiger partial charge is 0.497 e. The smallest absolute Gasteiger partial charge is 0.247 e. The third-order valence-corrected chi connectivity index (χ3v) is 6.42. The Morgan fingerprint density at radius 3 is 2.49 bits per heavy atom. The van der Waals surface area contributed by atoms with E-state index in [1.54, 1.807) is 38.6 Å². The third-order valence-electron chi connectivity index (χ3n) is 5.42. The fourth-order valence-corrected chi connectivity index (χ4v) is 4.22. The molecule has 11 nitrogen and oxygen atoms in total. The maximum atomic E-state index is 12.1. The minimum Gasteiger partial charge on any atom is -0.497 e. The van der Waals surface area contributed by atoms with Gasteiger partial charge in [-0.3, -0.25) is 4.79 Å². The summed E-state index contributed by atoms with van der Waals surface area (Å²) in [6.07, 6.45) is 2.82. The molecule has 0 unspecified atom stereocenters. The predicted molar refractivity (Wildman–Crippen MR) is 152 cm³/mol. The Kier molecular flexibility index (Phi) is 9.02. The van der Waals surface area contributed by atoms with E-state index in [4.69, 9.17) is 14.2 Å². The number of nitrogens with one attached hydrogen (secondary N) is 2. The molecule has 1 amide bonds. The number of nitrogens with zero attached hydrogens (tertiary/aromatic N) is 5. The van der Waals surface area contributed by atoms with Gasteiger partial charge in [-0.15, -0.1) is 10.2 Å². The van der Waals surface area contributed by atoms with Crippen LogP contribution in [0.2, 0.25) is 0 Å². The molecule has 0 aliphatic heterocycles. The Morgan fingerprint density at radius 1 is 1.03 bits per heavy atom. The third kappa shape index (κ3) is 7.06. The molecule has 2 heterocycles. The summed E-state index contributed by atoms with van der Waals surface area (Å²) in [7, 11) is 7.08. The van der Waals surface area contributed by atoms with E-state index < -0.39 is 0 Å². The minimum absolute atomic E-state index is 0.314. The van der Waals surface area contributed by atoms with Crippen LogP contribution in [0.5, 0.6) is 17.2 Å². The predicted octanol–water partition coefficient (Wildman–Crippen LogP) is 4.49. The van der Waals surface area contributed by atoms with Crippen LogP contribution in [0, 0.1) is 0 Å². The molecule has 39 heavy (non-hydrogen) atoms. The van der Waals surface area contributed by atoms with Gasteiger partial charge < -0.3 is 29.7 Å². The Bertz CT molecular complexity index is 1440. The zero-order chi connectivity index (χ0) is 27.8. The first-order chi connectivity index (χ1) is 18.9. The number of carbonyl (C=O) groups is 1. The summed E-state index contributed by atoms with van der Waals surface area (Å²) in [6.45, 7) is 4.65. The first-order valence-electron chi connectivity index (χ1n) is 11.9. The SMILES string of the molecule is C=CC(=O)Nc1cc(Nc2nccc(-c3nnc(-c4ccc(OC)cc4)s3)n2)c(OC)cc1OCCN(C)C. The molecule has 2 aromatic heterocycles. The molecule has 202 valence electrons. The number of ether oxygens (including phenoxy) is 3. The Balaban J connectivity index is 1.59. The summed E-state index contributed by atoms with van der Waals surface area (Å²) >= 11 is 1.42. The van der Waals surface area contributed by atoms with E-state index in [1.807, 2.05) is 43.3 Å². The minimum atomic E-state index is -0.370. The molecule has 12 heteroatoms. The van der Waals surface area contributed by atoms with Crippen molar-refractivity contribution in [1.82, 2.24) is 25.1 Å². The number of anilines is 3. The maximum absolute atomic E-state index is 12.1. The van der Waals surface area contributed by atoms with Gasteiger partial charge in [0.25, 0.3) is 0 Å². The van der Waals surface area contributed by atoms with Gasteiger partial charge in [0, 0.05) is 24.4 Å². The fraction of sp³-hybridized carbons (Fsp3) is 0.222. The lowest BCUT2D eigenvalue weighted by Gasteiger charge is -2.18. The number of rotatable bonds is 12. The average Bonchev–Trinajstić information content (AvgIpc) is 3.44. The molecule has 0 fully saturated rings. The van der Waals surface area contributed by atoms with Crippen LogP contribution in [0.1, 0.15) is 0 Å². The van der Waals surface area contributed by atoms with E-state index in [-0.39, 0.29) is 5.91 Å². The van der Waals surface area contributed by atoms with Gasteiger partial charge in [0.15, 0.2) is 5.01 Å². The average molecular weight is 548 g/mol. The molecule has 4 rings (SSSR count). The van der Waals surface area contributed by atoms with Gasteiger partial charge in [-0.25, -0.2) is 9.97 Å². The van der Waals surface area contributed by atoms with Crippen molar-refractivity contribution in [2.75, 3.05) is 52.1 Å². The summed E-state index contributed by atoms with van der Waals surface area (Å²) < 4.78 is 16.7. The molecule has 2 N–H and O–H groups in total. The van der Waals surface area contributed by atoms with Crippen LogP contribution in [0.3, 0.4) is 0 Å². The number of likely N-dealkylation sites (N-methyl/N-ethyl adjacent to an activating group) is 1. The van der Waals surface area contributed by atoms with Crippen molar-refractivity contribution in [2.24, 2.45) is 0 Å². The van der Waals surface area contributed by atoms with E-state index in [1.165, 1.54) is 17.4 Å². The number of methoxy groups -OCH3 is 2. The molecule has 0 bridgehead atoms. The van der Waals surface area contributed by atoms with Crippen LogP contribution in [-0.4, -0.2) is 72.4 Å². The number of hydrogen-bond donors (Lipinski definition) is 2. The fourth-order valence-electron chi connectivity index (χ4n) is 3.40. The normalized spacial score (nSPS) is 10.7. The molecule has 0 radical (unpaired) electrons. The molecule has 0 aliphatic carbocycles. The van der Waals surface area contributed by atoms with Crippen molar-refractivity contribution in [2.45, 2.75) is 0 Å². The topological polar surface area (TPSA) is 124 Å². The van der Waals surface area contributed by atoms with E-state index in [2.05, 4.69) is 37.4 Å². The van der Waals surface area contributed by atoms with Gasteiger partial charge in [-0.1, -0.05) is 17.9 Å². The van der Waals surface area contributed by atoms with E-state index in [0.717, 1.165) is 16.3 Å². The second-order valence-corrected chi connectivity index (χ2v) is 9.40. The first-order valence-corrected chi connectivity index (χ1v) is 12.7. The molecule has 0 spiro atoms. The number of amides is 1. The Labute approximate surface area is 230 Å². The van der Waals surface area contributed by atoms with Crippen molar-refractivity contribution in [3.05, 3.63) is 61.3 Å². The summed E-state index contributed by atoms with van der Waals surface area (Å²) in [5, 5.41) is 16.0. The number of benzene rings is 2. The lowest BCUT2D eigenvalue weighted by atomic mass is 10.2. The highest BCUT2D eigenvalue weighted by Gasteiger charge is 2.16. The van der Waals surface area contributed by atoms with Crippen molar-refractivity contribution < 1.29 is 19.0 Å². The maximum Gasteiger partial charge on any atom is 0.247 e. The zero-order valence-corrected chi connectivity index (χ0v) is 22.9. The number of carbonyl (C=O) groups excluding carboxylic acids is 1. The monoisotopic (exact) mass is 547 g/mol. The van der Waals surface area contributed by atoms with Crippen LogP contribution in [0.25, 0.3) is 21.3 Å². The molecular weight excluding hydrogens is 518 g/mol. The van der Waals surface area contributed by atoms with Crippen molar-refractivity contribution >= 4 is 34.6 Å². The number of aromatic nitrogens is 4. The lowest BCUT2D eigenvalue weighted by Crippen LogP contribution is -2.20. The van der Waals surface area contributed by atoms with Gasteiger partial charge in [0.2, 0.25) is 11.9 Å². The second kappa shape index (κ2) is 12.8. The first kappa shape index (κ1) is 27.5. The van der Waals surface area contributed by atoms with Gasteiger partial charge in [-0.2, -0.15) is 0 Å². The van der Waals surface area contributed by atoms with Gasteiger partial charge in [-0.05, 0) is 56.6 Å². The van der Waals surface area contributed by atoms with Crippen LogP contribution in [-0.2, 0) is 4.79 Å². The van der Waals surface area contributed by atoms with Gasteiger partial charge in [0.05, 0.1) is 25.6 Å². The van der Waals surface area contributed by atoms with Crippen LogP contribution >= 0.6 is 11.3 Å². The lowest BCUT2D eigenvalue weighted by molar-refractivity contribution is -0.111. The van der Waals surface area contributed by atoms with E-state index in [9.17, 15) is 4.79 Å². The Hall–Kier alpha value is -4.55.